The Morgan fingerprint density at radius 1 is 1.06 bits per heavy atom. The third-order valence-corrected chi connectivity index (χ3v) is 5.43. The van der Waals surface area contributed by atoms with E-state index in [-0.39, 0.29) is 17.7 Å². The minimum Gasteiger partial charge on any atom is -0.430 e. The Bertz CT molecular complexity index is 1240. The molecular weight excluding hydrogens is 416 g/mol. The number of hydrogen-bond acceptors (Lipinski definition) is 6. The molecule has 2 unspecified atom stereocenters. The summed E-state index contributed by atoms with van der Waals surface area (Å²) in [7, 11) is 0. The minimum absolute atomic E-state index is 0.00547. The van der Waals surface area contributed by atoms with Crippen LogP contribution in [0.25, 0.3) is 0 Å². The maximum absolute atomic E-state index is 13.2. The van der Waals surface area contributed by atoms with Gasteiger partial charge in [0, 0.05) is 12.2 Å². The van der Waals surface area contributed by atoms with Gasteiger partial charge in [-0.15, -0.1) is 0 Å². The number of rotatable bonds is 7. The fourth-order valence-corrected chi connectivity index (χ4v) is 3.62. The lowest BCUT2D eigenvalue weighted by molar-refractivity contribution is -0.118. The number of benzene rings is 3. The molecule has 1 amide bonds. The quantitative estimate of drug-likeness (QED) is 0.480. The van der Waals surface area contributed by atoms with Gasteiger partial charge in [0.05, 0.1) is 17.3 Å². The van der Waals surface area contributed by atoms with Crippen molar-refractivity contribution in [1.29, 1.82) is 5.26 Å². The van der Waals surface area contributed by atoms with E-state index in [1.807, 2.05) is 42.5 Å². The fraction of sp³-hybridized carbons (Fsp3) is 0.154. The van der Waals surface area contributed by atoms with E-state index in [9.17, 15) is 9.59 Å². The summed E-state index contributed by atoms with van der Waals surface area (Å²) >= 11 is 0. The second-order valence-corrected chi connectivity index (χ2v) is 7.75. The van der Waals surface area contributed by atoms with E-state index >= 15 is 0 Å². The summed E-state index contributed by atoms with van der Waals surface area (Å²) in [6.07, 6.45) is 0. The van der Waals surface area contributed by atoms with Crippen LogP contribution in [-0.4, -0.2) is 18.4 Å². The Hall–Kier alpha value is -4.37. The minimum atomic E-state index is -0.574. The van der Waals surface area contributed by atoms with Gasteiger partial charge in [-0.1, -0.05) is 49.4 Å². The van der Waals surface area contributed by atoms with Crippen molar-refractivity contribution < 1.29 is 14.3 Å². The van der Waals surface area contributed by atoms with Gasteiger partial charge in [-0.05, 0) is 47.4 Å². The maximum atomic E-state index is 13.2. The molecule has 3 aromatic rings. The molecular formula is C26H22N4O3. The summed E-state index contributed by atoms with van der Waals surface area (Å²) in [6.45, 7) is 2.63. The van der Waals surface area contributed by atoms with E-state index < -0.39 is 6.04 Å². The number of amides is 1. The second-order valence-electron chi connectivity index (χ2n) is 7.75. The van der Waals surface area contributed by atoms with Gasteiger partial charge in [-0.25, -0.2) is 4.79 Å². The predicted octanol–water partition coefficient (Wildman–Crippen LogP) is 4.11. The number of nitrogens with zero attached hydrogens (tertiary/aromatic N) is 1. The average molecular weight is 438 g/mol. The van der Waals surface area contributed by atoms with Crippen LogP contribution in [0.5, 0.6) is 5.75 Å². The topological polar surface area (TPSA) is 103 Å². The van der Waals surface area contributed by atoms with Gasteiger partial charge >= 0.3 is 0 Å². The predicted molar refractivity (Wildman–Crippen MR) is 125 cm³/mol. The molecule has 164 valence electrons. The van der Waals surface area contributed by atoms with Crippen molar-refractivity contribution in [3.05, 3.63) is 95.4 Å². The van der Waals surface area contributed by atoms with Gasteiger partial charge in [0.2, 0.25) is 5.91 Å². The van der Waals surface area contributed by atoms with E-state index in [2.05, 4.69) is 28.9 Å². The lowest BCUT2D eigenvalue weighted by Gasteiger charge is -2.22. The van der Waals surface area contributed by atoms with E-state index in [1.54, 1.807) is 36.3 Å². The van der Waals surface area contributed by atoms with Crippen LogP contribution < -0.4 is 20.7 Å². The van der Waals surface area contributed by atoms with Crippen molar-refractivity contribution >= 4 is 23.2 Å². The Kier molecular flexibility index (Phi) is 6.51. The number of carbonyl (C=O) groups is 1. The van der Waals surface area contributed by atoms with E-state index in [4.69, 9.17) is 10.00 Å². The lowest BCUT2D eigenvalue weighted by atomic mass is 9.98. The van der Waals surface area contributed by atoms with Gasteiger partial charge in [-0.2, -0.15) is 5.26 Å². The van der Waals surface area contributed by atoms with Gasteiger partial charge in [-0.3, -0.25) is 4.79 Å². The first-order valence-corrected chi connectivity index (χ1v) is 10.5. The Labute approximate surface area is 191 Å². The van der Waals surface area contributed by atoms with Crippen LogP contribution in [0.2, 0.25) is 0 Å². The molecule has 2 atom stereocenters. The summed E-state index contributed by atoms with van der Waals surface area (Å²) in [5.74, 6) is 2.09. The normalized spacial score (nSPS) is 13.5. The number of ether oxygens (including phenoxy) is 1. The zero-order valence-electron chi connectivity index (χ0n) is 18.0. The largest absolute Gasteiger partial charge is 0.430 e. The monoisotopic (exact) mass is 438 g/mol. The molecule has 3 N–H and O–H groups in total. The van der Waals surface area contributed by atoms with E-state index in [0.29, 0.717) is 29.2 Å². The number of nitrogens with one attached hydrogen (secondary N) is 3. The van der Waals surface area contributed by atoms with Crippen LogP contribution in [0.15, 0.2) is 78.7 Å². The highest BCUT2D eigenvalue weighted by Gasteiger charge is 2.23. The average Bonchev–Trinajstić information content (AvgIpc) is 3.27. The molecule has 4 rings (SSSR count). The Balaban J connectivity index is 1.48. The summed E-state index contributed by atoms with van der Waals surface area (Å²) in [4.78, 5) is 24.0. The van der Waals surface area contributed by atoms with Crippen LogP contribution in [0.3, 0.4) is 0 Å². The maximum Gasteiger partial charge on any atom is 0.285 e. The SMILES string of the molecule is CC(CNC(C(=O)Nc1ccc2c(c1)NC(=C=O)O2)c1ccccc1)c1ccc(C#N)cc1. The molecule has 7 nitrogen and oxygen atoms in total. The number of hydrogen-bond donors (Lipinski definition) is 3. The van der Waals surface area contributed by atoms with Crippen LogP contribution in [0, 0.1) is 11.3 Å². The molecule has 3 aromatic carbocycles. The van der Waals surface area contributed by atoms with Crippen molar-refractivity contribution in [3.63, 3.8) is 0 Å². The number of carbonyl (C=O) groups excluding carboxylic acids is 2. The fourth-order valence-electron chi connectivity index (χ4n) is 3.62. The molecule has 33 heavy (non-hydrogen) atoms. The molecule has 0 spiro atoms. The number of nitriles is 1. The van der Waals surface area contributed by atoms with Gasteiger partial charge in [0.1, 0.15) is 6.04 Å². The molecule has 0 bridgehead atoms. The number of fused-ring (bicyclic) bond motifs is 1. The molecule has 1 aliphatic rings. The van der Waals surface area contributed by atoms with Crippen molar-refractivity contribution in [1.82, 2.24) is 5.32 Å². The van der Waals surface area contributed by atoms with Crippen molar-refractivity contribution in [2.24, 2.45) is 0 Å². The molecule has 0 aromatic heterocycles. The van der Waals surface area contributed by atoms with Gasteiger partial charge in [0.15, 0.2) is 11.7 Å². The Morgan fingerprint density at radius 3 is 2.52 bits per heavy atom. The summed E-state index contributed by atoms with van der Waals surface area (Å²) in [5.41, 5.74) is 3.70. The first-order chi connectivity index (χ1) is 16.1. The third kappa shape index (κ3) is 5.10. The summed E-state index contributed by atoms with van der Waals surface area (Å²) in [6, 6.07) is 23.6. The highest BCUT2D eigenvalue weighted by atomic mass is 16.5. The highest BCUT2D eigenvalue weighted by molar-refractivity contribution is 5.96. The van der Waals surface area contributed by atoms with Crippen LogP contribution in [-0.2, 0) is 9.59 Å². The van der Waals surface area contributed by atoms with Crippen molar-refractivity contribution in [2.75, 3.05) is 17.2 Å². The molecule has 0 saturated carbocycles. The molecule has 1 aliphatic heterocycles. The smallest absolute Gasteiger partial charge is 0.285 e. The van der Waals surface area contributed by atoms with Crippen LogP contribution in [0.4, 0.5) is 11.4 Å². The molecule has 1 heterocycles. The van der Waals surface area contributed by atoms with Gasteiger partial charge < -0.3 is 20.7 Å². The standard InChI is InChI=1S/C26H22N4O3/c1-17(19-9-7-18(14-27)8-10-19)15-28-25(20-5-3-2-4-6-20)26(32)29-21-11-12-23-22(13-21)30-24(16-31)33-23/h2-13,17,25,28,30H,15H2,1H3,(H,29,32). The zero-order chi connectivity index (χ0) is 23.2. The lowest BCUT2D eigenvalue weighted by Crippen LogP contribution is -2.35. The molecule has 0 saturated heterocycles. The van der Waals surface area contributed by atoms with Crippen LogP contribution >= 0.6 is 0 Å². The van der Waals surface area contributed by atoms with Crippen LogP contribution in [0.1, 0.15) is 35.6 Å². The van der Waals surface area contributed by atoms with E-state index in [1.165, 1.54) is 0 Å². The van der Waals surface area contributed by atoms with Crippen molar-refractivity contribution in [2.45, 2.75) is 18.9 Å². The molecule has 0 aliphatic carbocycles. The van der Waals surface area contributed by atoms with E-state index in [0.717, 1.165) is 11.1 Å². The summed E-state index contributed by atoms with van der Waals surface area (Å²) < 4.78 is 5.29. The zero-order valence-corrected chi connectivity index (χ0v) is 18.0. The van der Waals surface area contributed by atoms with Crippen molar-refractivity contribution in [3.8, 4) is 11.8 Å². The second kappa shape index (κ2) is 9.84. The first kappa shape index (κ1) is 21.8. The molecule has 0 radical (unpaired) electrons. The molecule has 0 fully saturated rings. The van der Waals surface area contributed by atoms with Gasteiger partial charge in [0.25, 0.3) is 5.88 Å². The highest BCUT2D eigenvalue weighted by Crippen LogP contribution is 2.35. The Morgan fingerprint density at radius 2 is 1.82 bits per heavy atom. The summed E-state index contributed by atoms with van der Waals surface area (Å²) in [5, 5.41) is 18.1. The third-order valence-electron chi connectivity index (χ3n) is 5.43. The number of anilines is 2. The first-order valence-electron chi connectivity index (χ1n) is 10.5. The molecule has 7 heteroatoms.